The van der Waals surface area contributed by atoms with E-state index in [0.29, 0.717) is 18.8 Å². The van der Waals surface area contributed by atoms with E-state index < -0.39 is 21.8 Å². The van der Waals surface area contributed by atoms with Crippen molar-refractivity contribution in [1.82, 2.24) is 14.5 Å². The van der Waals surface area contributed by atoms with E-state index in [9.17, 15) is 22.8 Å². The lowest BCUT2D eigenvalue weighted by Gasteiger charge is -2.33. The molecule has 9 nitrogen and oxygen atoms in total. The number of amides is 3. The van der Waals surface area contributed by atoms with Gasteiger partial charge in [0.05, 0.1) is 22.6 Å². The third-order valence-corrected chi connectivity index (χ3v) is 7.00. The predicted octanol–water partition coefficient (Wildman–Crippen LogP) is 0.515. The SMILES string of the molecule is O=C(CN1CCN(S(=O)(=O)c2ccc3c(c2)C(=O)NC3=O)CC1)Nc1ccccc1. The van der Waals surface area contributed by atoms with E-state index in [4.69, 9.17) is 0 Å². The van der Waals surface area contributed by atoms with Gasteiger partial charge in [-0.25, -0.2) is 8.42 Å². The molecule has 0 saturated carbocycles. The maximum atomic E-state index is 13.0. The summed E-state index contributed by atoms with van der Waals surface area (Å²) in [6.07, 6.45) is 0. The minimum absolute atomic E-state index is 0.0265. The molecule has 156 valence electrons. The molecule has 1 saturated heterocycles. The first kappa shape index (κ1) is 20.2. The smallest absolute Gasteiger partial charge is 0.258 e. The number of fused-ring (bicyclic) bond motifs is 1. The molecular weight excluding hydrogens is 408 g/mol. The first-order chi connectivity index (χ1) is 14.3. The molecule has 30 heavy (non-hydrogen) atoms. The fraction of sp³-hybridized carbons (Fsp3) is 0.250. The average molecular weight is 428 g/mol. The summed E-state index contributed by atoms with van der Waals surface area (Å²) in [5.74, 6) is -1.28. The third-order valence-electron chi connectivity index (χ3n) is 5.10. The van der Waals surface area contributed by atoms with Gasteiger partial charge in [0.2, 0.25) is 15.9 Å². The summed E-state index contributed by atoms with van der Waals surface area (Å²) in [6.45, 7) is 1.44. The van der Waals surface area contributed by atoms with Gasteiger partial charge in [-0.15, -0.1) is 0 Å². The molecule has 2 heterocycles. The van der Waals surface area contributed by atoms with E-state index >= 15 is 0 Å². The summed E-state index contributed by atoms with van der Waals surface area (Å²) in [7, 11) is -3.81. The molecule has 1 fully saturated rings. The van der Waals surface area contributed by atoms with Crippen molar-refractivity contribution in [1.29, 1.82) is 0 Å². The Labute approximate surface area is 173 Å². The van der Waals surface area contributed by atoms with Gasteiger partial charge in [-0.2, -0.15) is 4.31 Å². The summed E-state index contributed by atoms with van der Waals surface area (Å²) < 4.78 is 27.2. The Morgan fingerprint density at radius 3 is 2.30 bits per heavy atom. The van der Waals surface area contributed by atoms with Gasteiger partial charge in [0, 0.05) is 31.9 Å². The molecule has 0 aromatic heterocycles. The number of piperazine rings is 1. The molecule has 0 spiro atoms. The largest absolute Gasteiger partial charge is 0.325 e. The lowest BCUT2D eigenvalue weighted by Crippen LogP contribution is -2.50. The maximum Gasteiger partial charge on any atom is 0.258 e. The summed E-state index contributed by atoms with van der Waals surface area (Å²) in [5, 5.41) is 4.96. The van der Waals surface area contributed by atoms with Crippen LogP contribution in [-0.4, -0.2) is 68.1 Å². The molecule has 0 radical (unpaired) electrons. The monoisotopic (exact) mass is 428 g/mol. The number of imide groups is 1. The molecule has 2 N–H and O–H groups in total. The Bertz CT molecular complexity index is 1110. The van der Waals surface area contributed by atoms with E-state index in [1.54, 1.807) is 12.1 Å². The van der Waals surface area contributed by atoms with Crippen molar-refractivity contribution < 1.29 is 22.8 Å². The number of hydrogen-bond donors (Lipinski definition) is 2. The van der Waals surface area contributed by atoms with Crippen molar-refractivity contribution >= 4 is 33.4 Å². The van der Waals surface area contributed by atoms with Gasteiger partial charge in [-0.1, -0.05) is 18.2 Å². The molecule has 10 heteroatoms. The van der Waals surface area contributed by atoms with Crippen molar-refractivity contribution in [2.45, 2.75) is 4.90 Å². The number of carbonyl (C=O) groups is 3. The van der Waals surface area contributed by atoms with Crippen LogP contribution < -0.4 is 10.6 Å². The second-order valence-electron chi connectivity index (χ2n) is 7.09. The van der Waals surface area contributed by atoms with Crippen LogP contribution >= 0.6 is 0 Å². The Kier molecular flexibility index (Phi) is 5.37. The molecule has 2 aromatic rings. The highest BCUT2D eigenvalue weighted by Gasteiger charge is 2.32. The van der Waals surface area contributed by atoms with E-state index in [-0.39, 0.29) is 41.6 Å². The number of anilines is 1. The minimum Gasteiger partial charge on any atom is -0.325 e. The van der Waals surface area contributed by atoms with Gasteiger partial charge in [0.25, 0.3) is 11.8 Å². The fourth-order valence-corrected chi connectivity index (χ4v) is 4.96. The number of hydrogen-bond acceptors (Lipinski definition) is 6. The van der Waals surface area contributed by atoms with Gasteiger partial charge < -0.3 is 5.32 Å². The normalized spacial score (nSPS) is 17.5. The number of para-hydroxylation sites is 1. The van der Waals surface area contributed by atoms with Crippen molar-refractivity contribution in [3.8, 4) is 0 Å². The van der Waals surface area contributed by atoms with E-state index in [2.05, 4.69) is 10.6 Å². The average Bonchev–Trinajstić information content (AvgIpc) is 3.02. The maximum absolute atomic E-state index is 13.0. The van der Waals surface area contributed by atoms with Crippen LogP contribution in [0.3, 0.4) is 0 Å². The number of sulfonamides is 1. The topological polar surface area (TPSA) is 116 Å². The van der Waals surface area contributed by atoms with Gasteiger partial charge in [0.15, 0.2) is 0 Å². The Morgan fingerprint density at radius 1 is 0.933 bits per heavy atom. The first-order valence-electron chi connectivity index (χ1n) is 9.42. The number of carbonyl (C=O) groups excluding carboxylic acids is 3. The van der Waals surface area contributed by atoms with Gasteiger partial charge in [-0.3, -0.25) is 24.6 Å². The van der Waals surface area contributed by atoms with Gasteiger partial charge in [0.1, 0.15) is 0 Å². The lowest BCUT2D eigenvalue weighted by molar-refractivity contribution is -0.117. The summed E-state index contributed by atoms with van der Waals surface area (Å²) in [6, 6.07) is 13.1. The number of nitrogens with one attached hydrogen (secondary N) is 2. The quantitative estimate of drug-likeness (QED) is 0.671. The van der Waals surface area contributed by atoms with E-state index in [0.717, 1.165) is 0 Å². The molecule has 3 amide bonds. The molecule has 2 aliphatic heterocycles. The zero-order valence-electron chi connectivity index (χ0n) is 16.0. The Balaban J connectivity index is 1.38. The fourth-order valence-electron chi connectivity index (χ4n) is 3.51. The summed E-state index contributed by atoms with van der Waals surface area (Å²) >= 11 is 0. The number of benzene rings is 2. The number of rotatable bonds is 5. The van der Waals surface area contributed by atoms with Crippen LogP contribution in [0.25, 0.3) is 0 Å². The molecule has 2 aromatic carbocycles. The van der Waals surface area contributed by atoms with Crippen LogP contribution in [-0.2, 0) is 14.8 Å². The molecule has 0 aliphatic carbocycles. The van der Waals surface area contributed by atoms with E-state index in [1.165, 1.54) is 22.5 Å². The van der Waals surface area contributed by atoms with Crippen LogP contribution in [0.1, 0.15) is 20.7 Å². The molecule has 0 bridgehead atoms. The van der Waals surface area contributed by atoms with Crippen LogP contribution in [0, 0.1) is 0 Å². The first-order valence-corrected chi connectivity index (χ1v) is 10.9. The Morgan fingerprint density at radius 2 is 1.60 bits per heavy atom. The number of nitrogens with zero attached hydrogens (tertiary/aromatic N) is 2. The van der Waals surface area contributed by atoms with Crippen molar-refractivity contribution in [2.24, 2.45) is 0 Å². The van der Waals surface area contributed by atoms with Crippen LogP contribution in [0.2, 0.25) is 0 Å². The molecule has 2 aliphatic rings. The highest BCUT2D eigenvalue weighted by Crippen LogP contribution is 2.23. The van der Waals surface area contributed by atoms with E-state index in [1.807, 2.05) is 23.1 Å². The molecule has 4 rings (SSSR count). The predicted molar refractivity (Wildman–Crippen MR) is 109 cm³/mol. The second kappa shape index (κ2) is 7.98. The third kappa shape index (κ3) is 3.97. The van der Waals surface area contributed by atoms with Crippen molar-refractivity contribution in [3.63, 3.8) is 0 Å². The van der Waals surface area contributed by atoms with Gasteiger partial charge >= 0.3 is 0 Å². The second-order valence-corrected chi connectivity index (χ2v) is 9.02. The molecule has 0 unspecified atom stereocenters. The lowest BCUT2D eigenvalue weighted by atomic mass is 10.1. The minimum atomic E-state index is -3.81. The molecule has 0 atom stereocenters. The van der Waals surface area contributed by atoms with Crippen LogP contribution in [0.4, 0.5) is 5.69 Å². The zero-order valence-corrected chi connectivity index (χ0v) is 16.8. The van der Waals surface area contributed by atoms with Crippen LogP contribution in [0.5, 0.6) is 0 Å². The highest BCUT2D eigenvalue weighted by molar-refractivity contribution is 7.89. The van der Waals surface area contributed by atoms with Crippen molar-refractivity contribution in [3.05, 3.63) is 59.7 Å². The highest BCUT2D eigenvalue weighted by atomic mass is 32.2. The summed E-state index contributed by atoms with van der Waals surface area (Å²) in [5.41, 5.74) is 0.952. The summed E-state index contributed by atoms with van der Waals surface area (Å²) in [4.78, 5) is 37.5. The molecular formula is C20H20N4O5S. The standard InChI is InChI=1S/C20H20N4O5S/c25-18(21-14-4-2-1-3-5-14)13-23-8-10-24(11-9-23)30(28,29)15-6-7-16-17(12-15)20(27)22-19(16)26/h1-7,12H,8-11,13H2,(H,21,25)(H,22,26,27). The van der Waals surface area contributed by atoms with Crippen LogP contribution in [0.15, 0.2) is 53.4 Å². The zero-order chi connectivity index (χ0) is 21.3. The Hall–Kier alpha value is -3.08. The van der Waals surface area contributed by atoms with Gasteiger partial charge in [-0.05, 0) is 30.3 Å². The van der Waals surface area contributed by atoms with Crippen molar-refractivity contribution in [2.75, 3.05) is 38.0 Å².